The second kappa shape index (κ2) is 5.32. The van der Waals surface area contributed by atoms with Crippen LogP contribution in [0.15, 0.2) is 36.4 Å². The topological polar surface area (TPSA) is 12.0 Å². The lowest BCUT2D eigenvalue weighted by molar-refractivity contribution is 0.628. The Morgan fingerprint density at radius 3 is 2.65 bits per heavy atom. The predicted molar refractivity (Wildman–Crippen MR) is 72.1 cm³/mol. The van der Waals surface area contributed by atoms with Crippen LogP contribution in [0.2, 0.25) is 0 Å². The van der Waals surface area contributed by atoms with Crippen molar-refractivity contribution in [2.75, 3.05) is 5.32 Å². The van der Waals surface area contributed by atoms with E-state index in [0.29, 0.717) is 5.69 Å². The first kappa shape index (κ1) is 12.1. The molecule has 0 saturated heterocycles. The van der Waals surface area contributed by atoms with E-state index in [-0.39, 0.29) is 11.9 Å². The molecule has 0 amide bonds. The molecule has 0 aliphatic rings. The number of para-hydroxylation sites is 1. The van der Waals surface area contributed by atoms with E-state index in [0.717, 1.165) is 6.42 Å². The van der Waals surface area contributed by atoms with Crippen molar-refractivity contribution < 1.29 is 4.39 Å². The van der Waals surface area contributed by atoms with Crippen molar-refractivity contribution in [3.63, 3.8) is 0 Å². The Hall–Kier alpha value is -1.35. The molecule has 0 aliphatic heterocycles. The second-order valence-electron chi connectivity index (χ2n) is 4.00. The zero-order valence-corrected chi connectivity index (χ0v) is 10.9. The Balaban J connectivity index is 2.11. The number of halogens is 1. The molecule has 1 atom stereocenters. The Morgan fingerprint density at radius 1 is 1.24 bits per heavy atom. The minimum atomic E-state index is -0.202. The van der Waals surface area contributed by atoms with Gasteiger partial charge in [0, 0.05) is 9.75 Å². The number of nitrogens with one attached hydrogen (secondary N) is 1. The van der Waals surface area contributed by atoms with E-state index < -0.39 is 0 Å². The summed E-state index contributed by atoms with van der Waals surface area (Å²) in [4.78, 5) is 2.60. The molecule has 2 rings (SSSR count). The molecule has 1 aromatic carbocycles. The SMILES string of the molecule is CCc1ccc(C(C)Nc2ccccc2F)s1. The van der Waals surface area contributed by atoms with Gasteiger partial charge in [-0.1, -0.05) is 19.1 Å². The minimum Gasteiger partial charge on any atom is -0.375 e. The molecule has 90 valence electrons. The highest BCUT2D eigenvalue weighted by Crippen LogP contribution is 2.27. The van der Waals surface area contributed by atoms with Gasteiger partial charge in [0.1, 0.15) is 5.82 Å². The fourth-order valence-electron chi connectivity index (χ4n) is 1.70. The first-order chi connectivity index (χ1) is 8.20. The molecule has 0 spiro atoms. The number of anilines is 1. The average molecular weight is 249 g/mol. The summed E-state index contributed by atoms with van der Waals surface area (Å²) in [5.41, 5.74) is 0.562. The molecule has 1 aromatic heterocycles. The van der Waals surface area contributed by atoms with Crippen molar-refractivity contribution in [1.82, 2.24) is 0 Å². The lowest BCUT2D eigenvalue weighted by atomic mass is 10.2. The molecule has 3 heteroatoms. The summed E-state index contributed by atoms with van der Waals surface area (Å²) >= 11 is 1.78. The van der Waals surface area contributed by atoms with Crippen LogP contribution in [0.1, 0.15) is 29.6 Å². The van der Waals surface area contributed by atoms with Crippen LogP contribution in [0.3, 0.4) is 0 Å². The minimum absolute atomic E-state index is 0.136. The standard InChI is InChI=1S/C14H16FNS/c1-3-11-8-9-14(17-11)10(2)16-13-7-5-4-6-12(13)15/h4-10,16H,3H2,1-2H3. The summed E-state index contributed by atoms with van der Waals surface area (Å²) in [5.74, 6) is -0.202. The maximum atomic E-state index is 13.5. The van der Waals surface area contributed by atoms with Crippen LogP contribution in [-0.4, -0.2) is 0 Å². The Labute approximate surface area is 105 Å². The van der Waals surface area contributed by atoms with Crippen molar-refractivity contribution in [3.05, 3.63) is 52.0 Å². The van der Waals surface area contributed by atoms with Gasteiger partial charge in [-0.2, -0.15) is 0 Å². The first-order valence-electron chi connectivity index (χ1n) is 5.80. The molecule has 2 aromatic rings. The maximum Gasteiger partial charge on any atom is 0.146 e. The Bertz CT molecular complexity index is 492. The molecule has 1 nitrogen and oxygen atoms in total. The summed E-state index contributed by atoms with van der Waals surface area (Å²) in [6.07, 6.45) is 1.05. The summed E-state index contributed by atoms with van der Waals surface area (Å²) in [5, 5.41) is 3.20. The number of benzene rings is 1. The summed E-state index contributed by atoms with van der Waals surface area (Å²) < 4.78 is 13.5. The van der Waals surface area contributed by atoms with Gasteiger partial charge >= 0.3 is 0 Å². The van der Waals surface area contributed by atoms with Crippen LogP contribution < -0.4 is 5.32 Å². The van der Waals surface area contributed by atoms with E-state index in [1.807, 2.05) is 6.07 Å². The summed E-state index contributed by atoms with van der Waals surface area (Å²) in [6.45, 7) is 4.20. The van der Waals surface area contributed by atoms with E-state index >= 15 is 0 Å². The van der Waals surface area contributed by atoms with Crippen LogP contribution in [-0.2, 0) is 6.42 Å². The highest BCUT2D eigenvalue weighted by molar-refractivity contribution is 7.12. The van der Waals surface area contributed by atoms with Crippen molar-refractivity contribution in [2.45, 2.75) is 26.3 Å². The zero-order chi connectivity index (χ0) is 12.3. The molecule has 1 heterocycles. The Kier molecular flexibility index (Phi) is 3.79. The third-order valence-electron chi connectivity index (χ3n) is 2.70. The Morgan fingerprint density at radius 2 is 2.00 bits per heavy atom. The van der Waals surface area contributed by atoms with E-state index in [9.17, 15) is 4.39 Å². The molecule has 0 bridgehead atoms. The van der Waals surface area contributed by atoms with E-state index in [2.05, 4.69) is 31.3 Å². The summed E-state index contributed by atoms with van der Waals surface area (Å²) in [6, 6.07) is 11.2. The molecule has 0 radical (unpaired) electrons. The molecule has 1 N–H and O–H groups in total. The number of hydrogen-bond acceptors (Lipinski definition) is 2. The van der Waals surface area contributed by atoms with Gasteiger partial charge in [-0.3, -0.25) is 0 Å². The largest absolute Gasteiger partial charge is 0.375 e. The van der Waals surface area contributed by atoms with Gasteiger partial charge in [0.2, 0.25) is 0 Å². The van der Waals surface area contributed by atoms with E-state index in [1.165, 1.54) is 15.8 Å². The van der Waals surface area contributed by atoms with Gasteiger partial charge in [0.15, 0.2) is 0 Å². The number of thiophene rings is 1. The zero-order valence-electron chi connectivity index (χ0n) is 10.0. The third-order valence-corrected chi connectivity index (χ3v) is 4.12. The lowest BCUT2D eigenvalue weighted by Crippen LogP contribution is -2.06. The third kappa shape index (κ3) is 2.86. The molecular weight excluding hydrogens is 233 g/mol. The quantitative estimate of drug-likeness (QED) is 0.833. The summed E-state index contributed by atoms with van der Waals surface area (Å²) in [7, 11) is 0. The van der Waals surface area contributed by atoms with Gasteiger partial charge in [-0.25, -0.2) is 4.39 Å². The van der Waals surface area contributed by atoms with Gasteiger partial charge in [0.25, 0.3) is 0 Å². The fraction of sp³-hybridized carbons (Fsp3) is 0.286. The van der Waals surface area contributed by atoms with E-state index in [1.54, 1.807) is 23.5 Å². The predicted octanol–water partition coefficient (Wildman–Crippen LogP) is 4.62. The van der Waals surface area contributed by atoms with Gasteiger partial charge in [-0.15, -0.1) is 11.3 Å². The van der Waals surface area contributed by atoms with Crippen LogP contribution in [0.5, 0.6) is 0 Å². The maximum absolute atomic E-state index is 13.5. The van der Waals surface area contributed by atoms with Crippen LogP contribution in [0, 0.1) is 5.82 Å². The van der Waals surface area contributed by atoms with Crippen LogP contribution >= 0.6 is 11.3 Å². The molecule has 0 fully saturated rings. The van der Waals surface area contributed by atoms with Gasteiger partial charge in [0.05, 0.1) is 11.7 Å². The van der Waals surface area contributed by atoms with Crippen molar-refractivity contribution in [2.24, 2.45) is 0 Å². The number of rotatable bonds is 4. The molecule has 0 aliphatic carbocycles. The normalized spacial score (nSPS) is 12.4. The molecule has 1 unspecified atom stereocenters. The molecule has 17 heavy (non-hydrogen) atoms. The molecular formula is C14H16FNS. The second-order valence-corrected chi connectivity index (χ2v) is 5.20. The first-order valence-corrected chi connectivity index (χ1v) is 6.62. The van der Waals surface area contributed by atoms with Crippen LogP contribution in [0.25, 0.3) is 0 Å². The molecule has 0 saturated carbocycles. The highest BCUT2D eigenvalue weighted by atomic mass is 32.1. The highest BCUT2D eigenvalue weighted by Gasteiger charge is 2.10. The van der Waals surface area contributed by atoms with E-state index in [4.69, 9.17) is 0 Å². The lowest BCUT2D eigenvalue weighted by Gasteiger charge is -2.14. The van der Waals surface area contributed by atoms with Crippen LogP contribution in [0.4, 0.5) is 10.1 Å². The smallest absolute Gasteiger partial charge is 0.146 e. The van der Waals surface area contributed by atoms with Crippen molar-refractivity contribution in [1.29, 1.82) is 0 Å². The number of aryl methyl sites for hydroxylation is 1. The van der Waals surface area contributed by atoms with Gasteiger partial charge < -0.3 is 5.32 Å². The number of hydrogen-bond donors (Lipinski definition) is 1. The van der Waals surface area contributed by atoms with Gasteiger partial charge in [-0.05, 0) is 37.6 Å². The van der Waals surface area contributed by atoms with Crippen molar-refractivity contribution in [3.8, 4) is 0 Å². The monoisotopic (exact) mass is 249 g/mol. The fourth-order valence-corrected chi connectivity index (χ4v) is 2.65. The average Bonchev–Trinajstić information content (AvgIpc) is 2.81. The van der Waals surface area contributed by atoms with Crippen molar-refractivity contribution >= 4 is 17.0 Å².